The number of hydrogen-bond donors (Lipinski definition) is 20. The topological polar surface area (TPSA) is 632 Å². The van der Waals surface area contributed by atoms with Crippen LogP contribution in [-0.4, -0.2) is 198 Å². The predicted molar refractivity (Wildman–Crippen MR) is 396 cm³/mol. The normalized spacial score (nSPS) is 14.4. The molecule has 27 N–H and O–H groups in total. The van der Waals surface area contributed by atoms with E-state index in [1.54, 1.807) is 82.3 Å². The minimum absolute atomic E-state index is 0.0453. The quantitative estimate of drug-likeness (QED) is 0.0169. The van der Waals surface area contributed by atoms with Crippen molar-refractivity contribution in [3.05, 3.63) is 70.2 Å². The third-order valence-corrected chi connectivity index (χ3v) is 17.3. The zero-order valence-electron chi connectivity index (χ0n) is 61.6. The Balaban J connectivity index is 2.40. The third-order valence-electron chi connectivity index (χ3n) is 16.8. The van der Waals surface area contributed by atoms with Crippen molar-refractivity contribution in [3.8, 4) is 0 Å². The van der Waals surface area contributed by atoms with Crippen molar-refractivity contribution in [2.45, 2.75) is 211 Å². The van der Waals surface area contributed by atoms with Gasteiger partial charge in [0.15, 0.2) is 5.96 Å². The third kappa shape index (κ3) is 36.0. The number of amides is 15. The van der Waals surface area contributed by atoms with Crippen LogP contribution in [0.4, 0.5) is 0 Å². The molecule has 0 heterocycles. The maximum Gasteiger partial charge on any atom is 0.303 e. The largest absolute Gasteiger partial charge is 0.481 e. The van der Waals surface area contributed by atoms with Gasteiger partial charge in [0.05, 0.1) is 13.0 Å². The molecule has 2 aromatic rings. The zero-order chi connectivity index (χ0) is 80.6. The van der Waals surface area contributed by atoms with E-state index in [1.807, 2.05) is 0 Å². The zero-order valence-corrected chi connectivity index (χ0v) is 63.1. The maximum absolute atomic E-state index is 14.3. The molecule has 0 fully saturated rings. The van der Waals surface area contributed by atoms with Crippen LogP contribution < -0.4 is 104 Å². The number of primary amides is 3. The van der Waals surface area contributed by atoms with E-state index in [9.17, 15) is 81.8 Å². The molecule has 594 valence electrons. The van der Waals surface area contributed by atoms with Gasteiger partial charge in [-0.1, -0.05) is 106 Å². The number of carboxylic acid groups (broad SMARTS) is 1. The van der Waals surface area contributed by atoms with Gasteiger partial charge in [-0.3, -0.25) is 81.7 Å². The van der Waals surface area contributed by atoms with Crippen molar-refractivity contribution in [2.75, 3.05) is 26.2 Å². The second-order valence-electron chi connectivity index (χ2n) is 26.5. The van der Waals surface area contributed by atoms with Gasteiger partial charge in [-0.05, 0) is 112 Å². The van der Waals surface area contributed by atoms with Crippen LogP contribution in [-0.2, 0) is 89.6 Å². The van der Waals surface area contributed by atoms with Crippen LogP contribution in [0.5, 0.6) is 0 Å². The SMILES string of the molecule is CC[C@H](C)[C@H](NC(=O)[C@H](CCC(=O)O)NC(=O)[C@H](CCCCN)NC(=O)CNC(=O)[C@H](CC(N)=O)NC(=O)[C@@H](NC(=O)[C@H](CCCN)NC(=O)[C@@H](NC(=O)[C@H](Cc1ccccc1)NC(=O)[C@H](CCCN=C(N)N)NC(C)=O)C(C)C)C(C)C)C(=O)N[C@@H](Cc1cccc(Br)c1)C(=O)N[C@@H](CCC(N)=O)C(N)=O. The monoisotopic (exact) mass is 1570 g/mol. The Hall–Kier alpha value is -10.4. The highest BCUT2D eigenvalue weighted by molar-refractivity contribution is 9.10. The van der Waals surface area contributed by atoms with Crippen LogP contribution in [0, 0.1) is 17.8 Å². The van der Waals surface area contributed by atoms with Crippen LogP contribution in [0.25, 0.3) is 0 Å². The molecular formula is C69H109BrN20O17. The molecule has 0 aromatic heterocycles. The second-order valence-corrected chi connectivity index (χ2v) is 27.4. The fraction of sp³-hybridized carbons (Fsp3) is 0.580. The summed E-state index contributed by atoms with van der Waals surface area (Å²) in [6.07, 6.45) is -1.80. The summed E-state index contributed by atoms with van der Waals surface area (Å²) in [6, 6.07) is -0.582. The molecule has 107 heavy (non-hydrogen) atoms. The lowest BCUT2D eigenvalue weighted by molar-refractivity contribution is -0.139. The highest BCUT2D eigenvalue weighted by Gasteiger charge is 2.38. The van der Waals surface area contributed by atoms with Crippen LogP contribution >= 0.6 is 15.9 Å². The summed E-state index contributed by atoms with van der Waals surface area (Å²) in [7, 11) is 0. The first kappa shape index (κ1) is 92.7. The molecule has 0 unspecified atom stereocenters. The number of rotatable bonds is 51. The lowest BCUT2D eigenvalue weighted by atomic mass is 9.96. The number of aliphatic carboxylic acids is 1. The Labute approximate surface area is 629 Å². The van der Waals surface area contributed by atoms with Crippen molar-refractivity contribution in [2.24, 2.45) is 62.9 Å². The molecule has 0 saturated heterocycles. The van der Waals surface area contributed by atoms with Crippen molar-refractivity contribution >= 4 is 116 Å². The summed E-state index contributed by atoms with van der Waals surface area (Å²) < 4.78 is 0.618. The van der Waals surface area contributed by atoms with E-state index in [1.165, 1.54) is 20.8 Å². The Morgan fingerprint density at radius 1 is 0.449 bits per heavy atom. The van der Waals surface area contributed by atoms with Crippen molar-refractivity contribution in [3.63, 3.8) is 0 Å². The van der Waals surface area contributed by atoms with Gasteiger partial charge in [-0.2, -0.15) is 0 Å². The summed E-state index contributed by atoms with van der Waals surface area (Å²) in [5.41, 5.74) is 39.9. The number of halogens is 1. The fourth-order valence-electron chi connectivity index (χ4n) is 10.7. The lowest BCUT2D eigenvalue weighted by Gasteiger charge is -2.29. The smallest absolute Gasteiger partial charge is 0.303 e. The van der Waals surface area contributed by atoms with E-state index in [4.69, 9.17) is 40.1 Å². The number of carbonyl (C=O) groups is 16. The molecule has 38 heteroatoms. The molecule has 2 rings (SSSR count). The average Bonchev–Trinajstić information content (AvgIpc) is 0.850. The standard InChI is InChI=1S/C69H109BrN20O17/c1-8-38(6)57(68(107)86-49(33-41-19-14-20-42(70)31-41)64(103)82-43(58(75)97)24-26-51(73)92)90-63(102)47(25-27-54(95)96)83-61(100)45(21-12-13-28-71)81-53(94)35-79-59(98)50(34-52(74)93)87-67(106)56(37(4)5)88-62(101)46(22-15-29-72)84-66(105)55(36(2)3)89-65(104)48(32-40-17-10-9-11-18-40)85-60(99)44(80-39(7)91)23-16-30-78-69(76)77/h9-11,14,17-20,31,36-38,43-50,55-57H,8,12-13,15-16,21-30,32-35,71-72H2,1-7H3,(H2,73,92)(H2,74,93)(H2,75,97)(H,79,98)(H,80,91)(H,81,94)(H,82,103)(H,83,100)(H,84,105)(H,85,99)(H,86,107)(H,87,106)(H,88,101)(H,89,104)(H,90,102)(H,95,96)(H4,76,77,78)/t38-,43-,44-,45-,46-,47-,48-,49-,50-,55-,56-,57-/m0/s1. The molecule has 0 spiro atoms. The molecule has 15 amide bonds. The Morgan fingerprint density at radius 3 is 1.40 bits per heavy atom. The van der Waals surface area contributed by atoms with Crippen molar-refractivity contribution < 1.29 is 81.8 Å². The number of nitrogens with one attached hydrogen (secondary N) is 12. The minimum Gasteiger partial charge on any atom is -0.481 e. The van der Waals surface area contributed by atoms with Gasteiger partial charge in [0.25, 0.3) is 0 Å². The molecule has 0 aliphatic carbocycles. The van der Waals surface area contributed by atoms with Gasteiger partial charge in [-0.15, -0.1) is 0 Å². The number of carbonyl (C=O) groups excluding carboxylic acids is 15. The van der Waals surface area contributed by atoms with Crippen molar-refractivity contribution in [1.29, 1.82) is 0 Å². The number of nitrogens with two attached hydrogens (primary N) is 7. The fourth-order valence-corrected chi connectivity index (χ4v) is 11.2. The van der Waals surface area contributed by atoms with Crippen LogP contribution in [0.3, 0.4) is 0 Å². The van der Waals surface area contributed by atoms with Gasteiger partial charge < -0.3 is 109 Å². The number of hydrogen-bond acceptors (Lipinski definition) is 19. The first-order chi connectivity index (χ1) is 50.4. The van der Waals surface area contributed by atoms with Gasteiger partial charge in [0, 0.05) is 43.6 Å². The van der Waals surface area contributed by atoms with Gasteiger partial charge >= 0.3 is 5.97 Å². The highest BCUT2D eigenvalue weighted by Crippen LogP contribution is 2.17. The number of nitrogens with zero attached hydrogens (tertiary/aromatic N) is 1. The van der Waals surface area contributed by atoms with Crippen LogP contribution in [0.2, 0.25) is 0 Å². The molecule has 0 aliphatic rings. The van der Waals surface area contributed by atoms with Gasteiger partial charge in [-0.25, -0.2) is 0 Å². The second kappa shape index (κ2) is 48.7. The summed E-state index contributed by atoms with van der Waals surface area (Å²) in [5.74, 6) is -17.4. The van der Waals surface area contributed by atoms with E-state index in [-0.39, 0.29) is 96.2 Å². The lowest BCUT2D eigenvalue weighted by Crippen LogP contribution is -2.61. The van der Waals surface area contributed by atoms with E-state index >= 15 is 0 Å². The molecule has 0 saturated carbocycles. The number of benzene rings is 2. The first-order valence-corrected chi connectivity index (χ1v) is 36.1. The van der Waals surface area contributed by atoms with Crippen LogP contribution in [0.1, 0.15) is 143 Å². The molecular weight excluding hydrogens is 1460 g/mol. The number of carboxylic acids is 1. The maximum atomic E-state index is 14.3. The van der Waals surface area contributed by atoms with Crippen LogP contribution in [0.15, 0.2) is 64.1 Å². The van der Waals surface area contributed by atoms with E-state index in [2.05, 4.69) is 84.7 Å². The Morgan fingerprint density at radius 2 is 0.888 bits per heavy atom. The summed E-state index contributed by atoms with van der Waals surface area (Å²) in [5, 5.41) is 40.2. The Bertz CT molecular complexity index is 3400. The van der Waals surface area contributed by atoms with E-state index in [0.29, 0.717) is 22.0 Å². The molecule has 2 aromatic carbocycles. The Kier molecular flexibility index (Phi) is 42.2. The minimum atomic E-state index is -1.79. The summed E-state index contributed by atoms with van der Waals surface area (Å²) >= 11 is 3.37. The summed E-state index contributed by atoms with van der Waals surface area (Å²) in [4.78, 5) is 220. The number of guanidine groups is 1. The molecule has 0 aliphatic heterocycles. The van der Waals surface area contributed by atoms with Crippen molar-refractivity contribution in [1.82, 2.24) is 63.8 Å². The molecule has 0 bridgehead atoms. The number of aliphatic imine (C=N–C) groups is 1. The molecule has 0 radical (unpaired) electrons. The van der Waals surface area contributed by atoms with Gasteiger partial charge in [0.2, 0.25) is 88.6 Å². The predicted octanol–water partition coefficient (Wildman–Crippen LogP) is -4.53. The average molecular weight is 1570 g/mol. The van der Waals surface area contributed by atoms with Gasteiger partial charge in [0.1, 0.15) is 66.5 Å². The number of unbranched alkanes of at least 4 members (excludes halogenated alkanes) is 1. The summed E-state index contributed by atoms with van der Waals surface area (Å²) in [6.45, 7) is 10.2. The van der Waals surface area contributed by atoms with E-state index < -0.39 is 205 Å². The van der Waals surface area contributed by atoms with E-state index in [0.717, 1.165) is 0 Å². The molecule has 12 atom stereocenters. The highest BCUT2D eigenvalue weighted by atomic mass is 79.9. The molecule has 37 nitrogen and oxygen atoms in total. The first-order valence-electron chi connectivity index (χ1n) is 35.3.